The van der Waals surface area contributed by atoms with Crippen molar-refractivity contribution < 1.29 is 9.59 Å². The fourth-order valence-electron chi connectivity index (χ4n) is 1.31. The van der Waals surface area contributed by atoms with Gasteiger partial charge in [0, 0.05) is 6.54 Å². The largest absolute Gasteiger partial charge is 0.355 e. The first-order valence-corrected chi connectivity index (χ1v) is 6.03. The summed E-state index contributed by atoms with van der Waals surface area (Å²) in [4.78, 5) is 22.7. The normalized spacial score (nSPS) is 9.89. The zero-order valence-corrected chi connectivity index (χ0v) is 10.9. The van der Waals surface area contributed by atoms with Crippen molar-refractivity contribution in [3.05, 3.63) is 29.3 Å². The van der Waals surface area contributed by atoms with E-state index in [1.54, 1.807) is 24.3 Å². The third-order valence-electron chi connectivity index (χ3n) is 2.09. The fourth-order valence-corrected chi connectivity index (χ4v) is 1.49. The van der Waals surface area contributed by atoms with E-state index in [0.717, 1.165) is 0 Å². The first-order chi connectivity index (χ1) is 8.63. The Morgan fingerprint density at radius 3 is 2.50 bits per heavy atom. The van der Waals surface area contributed by atoms with Gasteiger partial charge in [0.25, 0.3) is 0 Å². The van der Waals surface area contributed by atoms with Gasteiger partial charge in [0.15, 0.2) is 0 Å². The number of anilines is 1. The predicted octanol–water partition coefficient (Wildman–Crippen LogP) is 1.00. The molecule has 98 valence electrons. The van der Waals surface area contributed by atoms with E-state index in [9.17, 15) is 9.59 Å². The molecule has 0 radical (unpaired) electrons. The standard InChI is InChI=1S/C12H16ClN3O2/c1-2-15-11(17)7-14-8-12(18)16-10-6-4-3-5-9(10)13/h3-6,14H,2,7-8H2,1H3,(H,15,17)(H,16,18). The van der Waals surface area contributed by atoms with Crippen molar-refractivity contribution in [1.82, 2.24) is 10.6 Å². The highest BCUT2D eigenvalue weighted by Crippen LogP contribution is 2.19. The lowest BCUT2D eigenvalue weighted by molar-refractivity contribution is -0.120. The van der Waals surface area contributed by atoms with Crippen molar-refractivity contribution in [3.63, 3.8) is 0 Å². The number of likely N-dealkylation sites (N-methyl/N-ethyl adjacent to an activating group) is 1. The molecule has 0 saturated heterocycles. The topological polar surface area (TPSA) is 70.2 Å². The van der Waals surface area contributed by atoms with Crippen LogP contribution >= 0.6 is 11.6 Å². The molecule has 0 aliphatic carbocycles. The lowest BCUT2D eigenvalue weighted by Gasteiger charge is -2.07. The highest BCUT2D eigenvalue weighted by atomic mass is 35.5. The molecular weight excluding hydrogens is 254 g/mol. The summed E-state index contributed by atoms with van der Waals surface area (Å²) >= 11 is 5.89. The summed E-state index contributed by atoms with van der Waals surface area (Å²) in [5.41, 5.74) is 0.559. The van der Waals surface area contributed by atoms with Crippen LogP contribution in [-0.4, -0.2) is 31.4 Å². The number of carbonyl (C=O) groups excluding carboxylic acids is 2. The Morgan fingerprint density at radius 2 is 1.83 bits per heavy atom. The average Bonchev–Trinajstić information content (AvgIpc) is 2.32. The maximum Gasteiger partial charge on any atom is 0.238 e. The molecule has 3 N–H and O–H groups in total. The number of benzene rings is 1. The molecule has 0 atom stereocenters. The van der Waals surface area contributed by atoms with Crippen molar-refractivity contribution in [2.75, 3.05) is 25.0 Å². The minimum absolute atomic E-state index is 0.0579. The summed E-state index contributed by atoms with van der Waals surface area (Å²) in [6.45, 7) is 2.58. The maximum atomic E-state index is 11.5. The summed E-state index contributed by atoms with van der Waals surface area (Å²) in [7, 11) is 0. The Labute approximate surface area is 111 Å². The van der Waals surface area contributed by atoms with Crippen LogP contribution in [0.1, 0.15) is 6.92 Å². The molecule has 5 nitrogen and oxygen atoms in total. The number of para-hydroxylation sites is 1. The van der Waals surface area contributed by atoms with Crippen LogP contribution in [0, 0.1) is 0 Å². The van der Waals surface area contributed by atoms with Gasteiger partial charge in [-0.05, 0) is 19.1 Å². The second kappa shape index (κ2) is 7.68. The van der Waals surface area contributed by atoms with E-state index in [0.29, 0.717) is 17.3 Å². The molecule has 2 amide bonds. The number of halogens is 1. The van der Waals surface area contributed by atoms with Crippen molar-refractivity contribution in [2.45, 2.75) is 6.92 Å². The van der Waals surface area contributed by atoms with Gasteiger partial charge in [-0.3, -0.25) is 14.9 Å². The highest BCUT2D eigenvalue weighted by Gasteiger charge is 2.05. The second-order valence-electron chi connectivity index (χ2n) is 3.59. The second-order valence-corrected chi connectivity index (χ2v) is 3.99. The minimum Gasteiger partial charge on any atom is -0.355 e. The van der Waals surface area contributed by atoms with Gasteiger partial charge in [-0.2, -0.15) is 0 Å². The molecule has 0 spiro atoms. The molecule has 1 aromatic carbocycles. The number of carbonyl (C=O) groups is 2. The van der Waals surface area contributed by atoms with Crippen LogP contribution in [0.15, 0.2) is 24.3 Å². The minimum atomic E-state index is -0.243. The van der Waals surface area contributed by atoms with E-state index in [4.69, 9.17) is 11.6 Å². The lowest BCUT2D eigenvalue weighted by Crippen LogP contribution is -2.37. The monoisotopic (exact) mass is 269 g/mol. The van der Waals surface area contributed by atoms with E-state index in [2.05, 4.69) is 16.0 Å². The molecule has 6 heteroatoms. The molecule has 0 aliphatic rings. The van der Waals surface area contributed by atoms with Gasteiger partial charge in [0.05, 0.1) is 23.8 Å². The van der Waals surface area contributed by atoms with Crippen molar-refractivity contribution >= 4 is 29.1 Å². The molecule has 1 aromatic rings. The van der Waals surface area contributed by atoms with Crippen LogP contribution in [0.25, 0.3) is 0 Å². The summed E-state index contributed by atoms with van der Waals surface area (Å²) in [5.74, 6) is -0.379. The van der Waals surface area contributed by atoms with Gasteiger partial charge in [-0.15, -0.1) is 0 Å². The van der Waals surface area contributed by atoms with Crippen LogP contribution in [0.4, 0.5) is 5.69 Å². The Balaban J connectivity index is 2.30. The van der Waals surface area contributed by atoms with Gasteiger partial charge in [-0.1, -0.05) is 23.7 Å². The molecule has 1 rings (SSSR count). The van der Waals surface area contributed by atoms with Crippen LogP contribution in [-0.2, 0) is 9.59 Å². The summed E-state index contributed by atoms with van der Waals surface area (Å²) < 4.78 is 0. The van der Waals surface area contributed by atoms with Crippen molar-refractivity contribution in [2.24, 2.45) is 0 Å². The van der Waals surface area contributed by atoms with Crippen molar-refractivity contribution in [3.8, 4) is 0 Å². The predicted molar refractivity (Wildman–Crippen MR) is 71.6 cm³/mol. The average molecular weight is 270 g/mol. The van der Waals surface area contributed by atoms with Crippen molar-refractivity contribution in [1.29, 1.82) is 0 Å². The van der Waals surface area contributed by atoms with Gasteiger partial charge >= 0.3 is 0 Å². The van der Waals surface area contributed by atoms with Crippen LogP contribution in [0.2, 0.25) is 5.02 Å². The maximum absolute atomic E-state index is 11.5. The van der Waals surface area contributed by atoms with E-state index in [1.807, 2.05) is 6.92 Å². The Kier molecular flexibility index (Phi) is 6.18. The first kappa shape index (κ1) is 14.5. The van der Waals surface area contributed by atoms with Gasteiger partial charge in [-0.25, -0.2) is 0 Å². The highest BCUT2D eigenvalue weighted by molar-refractivity contribution is 6.33. The summed E-state index contributed by atoms with van der Waals surface area (Å²) in [5, 5.41) is 8.50. The number of rotatable bonds is 6. The van der Waals surface area contributed by atoms with Crippen LogP contribution in [0.5, 0.6) is 0 Å². The Bertz CT molecular complexity index is 424. The van der Waals surface area contributed by atoms with Gasteiger partial charge in [0.1, 0.15) is 0 Å². The van der Waals surface area contributed by atoms with E-state index < -0.39 is 0 Å². The molecular formula is C12H16ClN3O2. The molecule has 0 unspecified atom stereocenters. The first-order valence-electron chi connectivity index (χ1n) is 5.65. The zero-order valence-electron chi connectivity index (χ0n) is 10.1. The zero-order chi connectivity index (χ0) is 13.4. The Hall–Kier alpha value is -1.59. The van der Waals surface area contributed by atoms with Gasteiger partial charge < -0.3 is 10.6 Å². The molecule has 0 aromatic heterocycles. The van der Waals surface area contributed by atoms with Crippen LogP contribution < -0.4 is 16.0 Å². The number of hydrogen-bond acceptors (Lipinski definition) is 3. The molecule has 0 aliphatic heterocycles. The molecule has 0 fully saturated rings. The number of hydrogen-bond donors (Lipinski definition) is 3. The van der Waals surface area contributed by atoms with E-state index >= 15 is 0 Å². The Morgan fingerprint density at radius 1 is 1.17 bits per heavy atom. The summed E-state index contributed by atoms with van der Waals surface area (Å²) in [6, 6.07) is 6.97. The van der Waals surface area contributed by atoms with E-state index in [-0.39, 0.29) is 24.9 Å². The summed E-state index contributed by atoms with van der Waals surface area (Å²) in [6.07, 6.45) is 0. The van der Waals surface area contributed by atoms with Crippen LogP contribution in [0.3, 0.4) is 0 Å². The fraction of sp³-hybridized carbons (Fsp3) is 0.333. The number of nitrogens with one attached hydrogen (secondary N) is 3. The van der Waals surface area contributed by atoms with E-state index in [1.165, 1.54) is 0 Å². The molecule has 0 heterocycles. The van der Waals surface area contributed by atoms with Gasteiger partial charge in [0.2, 0.25) is 11.8 Å². The number of amides is 2. The quantitative estimate of drug-likeness (QED) is 0.722. The molecule has 0 saturated carbocycles. The molecule has 0 bridgehead atoms. The SMILES string of the molecule is CCNC(=O)CNCC(=O)Nc1ccccc1Cl. The third kappa shape index (κ3) is 5.16. The molecule has 18 heavy (non-hydrogen) atoms. The lowest BCUT2D eigenvalue weighted by atomic mass is 10.3. The smallest absolute Gasteiger partial charge is 0.238 e. The third-order valence-corrected chi connectivity index (χ3v) is 2.42.